The highest BCUT2D eigenvalue weighted by Crippen LogP contribution is 2.17. The van der Waals surface area contributed by atoms with Gasteiger partial charge in [0.1, 0.15) is 5.82 Å². The topological polar surface area (TPSA) is 0 Å². The van der Waals surface area contributed by atoms with E-state index in [1.807, 2.05) is 12.1 Å². The van der Waals surface area contributed by atoms with Crippen LogP contribution in [0.1, 0.15) is 51.0 Å². The molecule has 1 aromatic rings. The maximum Gasteiger partial charge on any atom is 0.127 e. The van der Waals surface area contributed by atoms with Crippen molar-refractivity contribution in [1.29, 1.82) is 0 Å². The molecule has 2 heteroatoms. The fourth-order valence-electron chi connectivity index (χ4n) is 1.82. The number of unbranched alkanes of at least 4 members (excludes halogenated alkanes) is 5. The van der Waals surface area contributed by atoms with E-state index in [9.17, 15) is 4.39 Å². The molecule has 0 amide bonds. The van der Waals surface area contributed by atoms with E-state index >= 15 is 0 Å². The molecule has 1 rings (SSSR count). The second-order valence-electron chi connectivity index (χ2n) is 4.25. The molecule has 0 atom stereocenters. The summed E-state index contributed by atoms with van der Waals surface area (Å²) in [7, 11) is 0. The van der Waals surface area contributed by atoms with Gasteiger partial charge in [0.25, 0.3) is 0 Å². The number of hydrogen-bond acceptors (Lipinski definition) is 0. The molecular weight excluding hydrogens is 267 g/mol. The van der Waals surface area contributed by atoms with Crippen LogP contribution in [0.3, 0.4) is 0 Å². The summed E-state index contributed by atoms with van der Waals surface area (Å²) in [5.74, 6) is -0.0806. The molecule has 0 aliphatic rings. The first-order chi connectivity index (χ1) is 7.74. The van der Waals surface area contributed by atoms with Crippen LogP contribution in [0.4, 0.5) is 4.39 Å². The second-order valence-corrected chi connectivity index (χ2v) is 5.17. The van der Waals surface area contributed by atoms with Crippen LogP contribution in [0.2, 0.25) is 0 Å². The number of halogens is 2. The first-order valence-electron chi connectivity index (χ1n) is 6.18. The molecule has 0 aromatic heterocycles. The molecule has 0 saturated carbocycles. The van der Waals surface area contributed by atoms with Crippen molar-refractivity contribution in [3.8, 4) is 0 Å². The highest BCUT2D eigenvalue weighted by atomic mass is 79.9. The Labute approximate surface area is 106 Å². The van der Waals surface area contributed by atoms with E-state index in [-0.39, 0.29) is 5.82 Å². The zero-order chi connectivity index (χ0) is 11.8. The first kappa shape index (κ1) is 13.7. The predicted octanol–water partition coefficient (Wildman–Crippen LogP) is 5.49. The Morgan fingerprint density at radius 1 is 1.06 bits per heavy atom. The molecule has 0 bridgehead atoms. The van der Waals surface area contributed by atoms with Crippen molar-refractivity contribution in [3.05, 3.63) is 34.1 Å². The molecule has 0 spiro atoms. The Morgan fingerprint density at radius 3 is 2.44 bits per heavy atom. The van der Waals surface area contributed by atoms with Gasteiger partial charge in [-0.05, 0) is 30.5 Å². The van der Waals surface area contributed by atoms with Crippen LogP contribution in [0.25, 0.3) is 0 Å². The normalized spacial score (nSPS) is 10.7. The van der Waals surface area contributed by atoms with Gasteiger partial charge in [0.15, 0.2) is 0 Å². The summed E-state index contributed by atoms with van der Waals surface area (Å²) in [4.78, 5) is 0. The Bertz CT molecular complexity index is 310. The lowest BCUT2D eigenvalue weighted by Crippen LogP contribution is -1.91. The van der Waals surface area contributed by atoms with Gasteiger partial charge in [0, 0.05) is 4.47 Å². The SMILES string of the molecule is CCCCCCCCc1ccc(Br)cc1F. The zero-order valence-corrected chi connectivity index (χ0v) is 11.5. The van der Waals surface area contributed by atoms with Crippen molar-refractivity contribution in [2.45, 2.75) is 51.9 Å². The number of hydrogen-bond donors (Lipinski definition) is 0. The van der Waals surface area contributed by atoms with Gasteiger partial charge in [0.2, 0.25) is 0 Å². The van der Waals surface area contributed by atoms with E-state index in [0.29, 0.717) is 0 Å². The summed E-state index contributed by atoms with van der Waals surface area (Å²) in [5.41, 5.74) is 0.846. The molecule has 0 heterocycles. The summed E-state index contributed by atoms with van der Waals surface area (Å²) in [6.07, 6.45) is 8.39. The Morgan fingerprint density at radius 2 is 1.75 bits per heavy atom. The quantitative estimate of drug-likeness (QED) is 0.581. The van der Waals surface area contributed by atoms with Crippen LogP contribution in [-0.4, -0.2) is 0 Å². The molecule has 0 nitrogen and oxygen atoms in total. The van der Waals surface area contributed by atoms with Gasteiger partial charge >= 0.3 is 0 Å². The van der Waals surface area contributed by atoms with Crippen LogP contribution < -0.4 is 0 Å². The van der Waals surface area contributed by atoms with Crippen molar-refractivity contribution in [2.75, 3.05) is 0 Å². The van der Waals surface area contributed by atoms with Gasteiger partial charge < -0.3 is 0 Å². The Kier molecular flexibility index (Phi) is 6.70. The third-order valence-corrected chi connectivity index (χ3v) is 3.31. The molecular formula is C14H20BrF. The molecule has 0 fully saturated rings. The fourth-order valence-corrected chi connectivity index (χ4v) is 2.15. The molecule has 0 N–H and O–H groups in total. The molecule has 90 valence electrons. The third kappa shape index (κ3) is 5.11. The average Bonchev–Trinajstić information content (AvgIpc) is 2.26. The molecule has 16 heavy (non-hydrogen) atoms. The van der Waals surface area contributed by atoms with E-state index < -0.39 is 0 Å². The minimum absolute atomic E-state index is 0.0806. The van der Waals surface area contributed by atoms with Crippen molar-refractivity contribution in [3.63, 3.8) is 0 Å². The monoisotopic (exact) mass is 286 g/mol. The van der Waals surface area contributed by atoms with Crippen LogP contribution in [0.5, 0.6) is 0 Å². The first-order valence-corrected chi connectivity index (χ1v) is 6.97. The van der Waals surface area contributed by atoms with Crippen molar-refractivity contribution >= 4 is 15.9 Å². The molecule has 0 aliphatic heterocycles. The van der Waals surface area contributed by atoms with Crippen LogP contribution in [-0.2, 0) is 6.42 Å². The minimum atomic E-state index is -0.0806. The number of rotatable bonds is 7. The van der Waals surface area contributed by atoms with Gasteiger partial charge in [-0.2, -0.15) is 0 Å². The largest absolute Gasteiger partial charge is 0.207 e. The fraction of sp³-hybridized carbons (Fsp3) is 0.571. The van der Waals surface area contributed by atoms with Gasteiger partial charge in [-0.15, -0.1) is 0 Å². The molecule has 0 saturated heterocycles. The lowest BCUT2D eigenvalue weighted by Gasteiger charge is -2.04. The van der Waals surface area contributed by atoms with Crippen molar-refractivity contribution in [2.24, 2.45) is 0 Å². The lowest BCUT2D eigenvalue weighted by atomic mass is 10.0. The predicted molar refractivity (Wildman–Crippen MR) is 71.2 cm³/mol. The summed E-state index contributed by atoms with van der Waals surface area (Å²) in [6.45, 7) is 2.22. The molecule has 0 unspecified atom stereocenters. The van der Waals surface area contributed by atoms with E-state index in [1.54, 1.807) is 6.07 Å². The molecule has 0 aliphatic carbocycles. The minimum Gasteiger partial charge on any atom is -0.207 e. The zero-order valence-electron chi connectivity index (χ0n) is 9.94. The highest BCUT2D eigenvalue weighted by molar-refractivity contribution is 9.10. The summed E-state index contributed by atoms with van der Waals surface area (Å²) in [5, 5.41) is 0. The van der Waals surface area contributed by atoms with Gasteiger partial charge in [0.05, 0.1) is 0 Å². The second kappa shape index (κ2) is 7.83. The van der Waals surface area contributed by atoms with Crippen molar-refractivity contribution in [1.82, 2.24) is 0 Å². The van der Waals surface area contributed by atoms with E-state index in [1.165, 1.54) is 32.1 Å². The van der Waals surface area contributed by atoms with Gasteiger partial charge in [-0.3, -0.25) is 0 Å². The van der Waals surface area contributed by atoms with Gasteiger partial charge in [-0.25, -0.2) is 4.39 Å². The average molecular weight is 287 g/mol. The van der Waals surface area contributed by atoms with Crippen LogP contribution in [0, 0.1) is 5.82 Å². The highest BCUT2D eigenvalue weighted by Gasteiger charge is 2.02. The maximum absolute atomic E-state index is 13.5. The maximum atomic E-state index is 13.5. The Hall–Kier alpha value is -0.370. The van der Waals surface area contributed by atoms with Crippen LogP contribution in [0.15, 0.2) is 22.7 Å². The van der Waals surface area contributed by atoms with E-state index in [4.69, 9.17) is 0 Å². The number of benzene rings is 1. The third-order valence-electron chi connectivity index (χ3n) is 2.81. The van der Waals surface area contributed by atoms with Crippen LogP contribution >= 0.6 is 15.9 Å². The standard InChI is InChI=1S/C14H20BrF/c1-2-3-4-5-6-7-8-12-9-10-13(15)11-14(12)16/h9-11H,2-8H2,1H3. The molecule has 0 radical (unpaired) electrons. The Balaban J connectivity index is 2.21. The van der Waals surface area contributed by atoms with Gasteiger partial charge in [-0.1, -0.05) is 61.0 Å². The summed E-state index contributed by atoms with van der Waals surface area (Å²) in [6, 6.07) is 5.34. The van der Waals surface area contributed by atoms with E-state index in [0.717, 1.165) is 22.9 Å². The summed E-state index contributed by atoms with van der Waals surface area (Å²) < 4.78 is 14.3. The summed E-state index contributed by atoms with van der Waals surface area (Å²) >= 11 is 3.27. The number of aryl methyl sites for hydroxylation is 1. The molecule has 1 aromatic carbocycles. The lowest BCUT2D eigenvalue weighted by molar-refractivity contribution is 0.580. The smallest absolute Gasteiger partial charge is 0.127 e. The van der Waals surface area contributed by atoms with E-state index in [2.05, 4.69) is 22.9 Å². The van der Waals surface area contributed by atoms with Crippen molar-refractivity contribution < 1.29 is 4.39 Å².